The zero-order chi connectivity index (χ0) is 38.8. The van der Waals surface area contributed by atoms with Crippen LogP contribution in [0.4, 0.5) is 0 Å². The summed E-state index contributed by atoms with van der Waals surface area (Å²) >= 11 is 0. The first kappa shape index (κ1) is 51.2. The average Bonchev–Trinajstić information content (AvgIpc) is 3.62. The number of aromatic nitrogens is 2. The van der Waals surface area contributed by atoms with E-state index in [1.807, 2.05) is 0 Å². The molecule has 0 aromatic carbocycles. The van der Waals surface area contributed by atoms with Gasteiger partial charge in [-0.3, -0.25) is 0 Å². The number of hydrogen-bond acceptors (Lipinski definition) is 0. The second-order valence-corrected chi connectivity index (χ2v) is 18.4. The highest BCUT2D eigenvalue weighted by atomic mass is 15.1. The van der Waals surface area contributed by atoms with Gasteiger partial charge in [-0.15, -0.1) is 0 Å². The Kier molecular flexibility index (Phi) is 39.7. The van der Waals surface area contributed by atoms with Crippen LogP contribution in [-0.4, -0.2) is 4.57 Å². The van der Waals surface area contributed by atoms with Crippen LogP contribution >= 0.6 is 0 Å². The minimum atomic E-state index is 0.695. The molecule has 1 atom stereocenters. The molecule has 0 saturated carbocycles. The Morgan fingerprint density at radius 3 is 0.852 bits per heavy atom. The predicted octanol–water partition coefficient (Wildman–Crippen LogP) is 18.3. The fourth-order valence-corrected chi connectivity index (χ4v) is 9.14. The molecule has 320 valence electrons. The molecule has 0 aliphatic rings. The van der Waals surface area contributed by atoms with Crippen LogP contribution in [0.3, 0.4) is 0 Å². The van der Waals surface area contributed by atoms with Gasteiger partial charge in [0.25, 0.3) is 0 Å². The summed E-state index contributed by atoms with van der Waals surface area (Å²) in [5.74, 6) is 0.982. The molecule has 1 aromatic heterocycles. The Morgan fingerprint density at radius 1 is 0.333 bits per heavy atom. The van der Waals surface area contributed by atoms with Gasteiger partial charge >= 0.3 is 0 Å². The number of nitrogens with zero attached hydrogens (tertiary/aromatic N) is 2. The van der Waals surface area contributed by atoms with E-state index in [4.69, 9.17) is 0 Å². The van der Waals surface area contributed by atoms with Crippen LogP contribution in [0.25, 0.3) is 0 Å². The molecule has 0 aliphatic heterocycles. The fraction of sp³-hybridized carbons (Fsp3) is 0.942. The van der Waals surface area contributed by atoms with Crippen molar-refractivity contribution in [3.8, 4) is 0 Å². The third kappa shape index (κ3) is 34.5. The van der Waals surface area contributed by atoms with Gasteiger partial charge in [-0.25, -0.2) is 9.13 Å². The summed E-state index contributed by atoms with van der Waals surface area (Å²) in [5.41, 5.74) is 0. The maximum Gasteiger partial charge on any atom is 0.243 e. The van der Waals surface area contributed by atoms with Gasteiger partial charge in [0.2, 0.25) is 6.33 Å². The highest BCUT2D eigenvalue weighted by Crippen LogP contribution is 2.28. The van der Waals surface area contributed by atoms with Gasteiger partial charge in [0.1, 0.15) is 18.4 Å². The molecule has 0 saturated heterocycles. The molecule has 0 aliphatic carbocycles. The summed E-state index contributed by atoms with van der Waals surface area (Å²) in [5, 5.41) is 0. The summed E-state index contributed by atoms with van der Waals surface area (Å²) < 4.78 is 4.80. The van der Waals surface area contributed by atoms with Crippen LogP contribution in [0.1, 0.15) is 303 Å². The van der Waals surface area contributed by atoms with Gasteiger partial charge in [-0.05, 0) is 31.6 Å². The van der Waals surface area contributed by atoms with Crippen LogP contribution in [0.2, 0.25) is 0 Å². The van der Waals surface area contributed by atoms with E-state index < -0.39 is 0 Å². The zero-order valence-electron chi connectivity index (χ0n) is 38.2. The maximum atomic E-state index is 2.55. The maximum absolute atomic E-state index is 2.55. The number of rotatable bonds is 45. The number of imidazole rings is 1. The van der Waals surface area contributed by atoms with E-state index >= 15 is 0 Å². The van der Waals surface area contributed by atoms with Crippen LogP contribution in [0, 0.1) is 5.92 Å². The Bertz CT molecular complexity index is 800. The van der Waals surface area contributed by atoms with E-state index in [0.717, 1.165) is 5.92 Å². The third-order valence-corrected chi connectivity index (χ3v) is 12.9. The smallest absolute Gasteiger partial charge is 0.240 e. The molecular formula is C52H103N2+. The molecule has 2 heteroatoms. The Labute approximate surface area is 342 Å². The van der Waals surface area contributed by atoms with Crippen LogP contribution in [0.5, 0.6) is 0 Å². The standard InChI is InChI=1S/C52H103N2/c1-5-8-11-14-17-20-23-26-29-32-35-38-43-51(44-39-36-33-30-27-24-21-18-15-12-9-6-2)45-41-42-47-52(54-49-48-53(4)50-54)46-40-37-34-31-28-25-22-19-16-13-10-7-3/h48-52H,5-47H2,1-4H3/q+1. The van der Waals surface area contributed by atoms with Gasteiger partial charge in [0.05, 0.1) is 7.05 Å². The van der Waals surface area contributed by atoms with Crippen LogP contribution < -0.4 is 4.57 Å². The highest BCUT2D eigenvalue weighted by molar-refractivity contribution is 4.76. The molecule has 1 heterocycles. The normalized spacial score (nSPS) is 12.4. The first-order valence-electron chi connectivity index (χ1n) is 25.7. The van der Waals surface area contributed by atoms with Gasteiger partial charge in [0, 0.05) is 0 Å². The molecule has 1 unspecified atom stereocenters. The first-order chi connectivity index (χ1) is 26.7. The largest absolute Gasteiger partial charge is 0.243 e. The Balaban J connectivity index is 2.35. The average molecular weight is 756 g/mol. The highest BCUT2D eigenvalue weighted by Gasteiger charge is 2.17. The minimum absolute atomic E-state index is 0.695. The van der Waals surface area contributed by atoms with Crippen molar-refractivity contribution >= 4 is 0 Å². The monoisotopic (exact) mass is 756 g/mol. The van der Waals surface area contributed by atoms with E-state index in [-0.39, 0.29) is 0 Å². The van der Waals surface area contributed by atoms with E-state index in [2.05, 4.69) is 55.7 Å². The summed E-state index contributed by atoms with van der Waals surface area (Å²) in [6.07, 6.45) is 69.5. The SMILES string of the molecule is CCCCCCCCCCCCCCC(CCCCCCCCCCCCCC)CCCCC(CCCCCCCCCCCCCC)n1cc[n+](C)c1. The molecule has 0 N–H and O–H groups in total. The van der Waals surface area contributed by atoms with E-state index in [1.165, 1.54) is 276 Å². The van der Waals surface area contributed by atoms with Crippen molar-refractivity contribution in [2.45, 2.75) is 303 Å². The molecule has 0 spiro atoms. The Morgan fingerprint density at radius 2 is 0.574 bits per heavy atom. The van der Waals surface area contributed by atoms with Crippen molar-refractivity contribution in [1.29, 1.82) is 0 Å². The van der Waals surface area contributed by atoms with Crippen molar-refractivity contribution in [3.63, 3.8) is 0 Å². The first-order valence-corrected chi connectivity index (χ1v) is 25.7. The lowest BCUT2D eigenvalue weighted by Gasteiger charge is -2.18. The lowest BCUT2D eigenvalue weighted by molar-refractivity contribution is -0.671. The van der Waals surface area contributed by atoms with Crippen molar-refractivity contribution in [3.05, 3.63) is 18.7 Å². The van der Waals surface area contributed by atoms with Crippen LogP contribution in [0.15, 0.2) is 18.7 Å². The number of unbranched alkanes of at least 4 members (excludes halogenated alkanes) is 34. The lowest BCUT2D eigenvalue weighted by atomic mass is 9.89. The van der Waals surface area contributed by atoms with Crippen LogP contribution in [-0.2, 0) is 7.05 Å². The van der Waals surface area contributed by atoms with Crippen molar-refractivity contribution in [2.24, 2.45) is 13.0 Å². The Hall–Kier alpha value is -0.790. The molecule has 0 fully saturated rings. The summed E-state index contributed by atoms with van der Waals surface area (Å²) in [4.78, 5) is 0. The quantitative estimate of drug-likeness (QED) is 0.0463. The molecule has 54 heavy (non-hydrogen) atoms. The number of aryl methyl sites for hydroxylation is 1. The molecule has 0 radical (unpaired) electrons. The van der Waals surface area contributed by atoms with Gasteiger partial charge < -0.3 is 0 Å². The fourth-order valence-electron chi connectivity index (χ4n) is 9.14. The zero-order valence-corrected chi connectivity index (χ0v) is 38.2. The second-order valence-electron chi connectivity index (χ2n) is 18.4. The second kappa shape index (κ2) is 41.8. The minimum Gasteiger partial charge on any atom is -0.240 e. The van der Waals surface area contributed by atoms with Gasteiger partial charge in [-0.2, -0.15) is 0 Å². The van der Waals surface area contributed by atoms with Crippen molar-refractivity contribution in [2.75, 3.05) is 0 Å². The summed E-state index contributed by atoms with van der Waals surface area (Å²) in [7, 11) is 2.19. The lowest BCUT2D eigenvalue weighted by Crippen LogP contribution is -2.24. The molecule has 2 nitrogen and oxygen atoms in total. The van der Waals surface area contributed by atoms with E-state index in [1.54, 1.807) is 0 Å². The third-order valence-electron chi connectivity index (χ3n) is 12.9. The van der Waals surface area contributed by atoms with Crippen molar-refractivity contribution in [1.82, 2.24) is 4.57 Å². The van der Waals surface area contributed by atoms with Gasteiger partial charge in [0.15, 0.2) is 0 Å². The van der Waals surface area contributed by atoms with Gasteiger partial charge in [-0.1, -0.05) is 271 Å². The molecule has 1 rings (SSSR count). The van der Waals surface area contributed by atoms with E-state index in [9.17, 15) is 0 Å². The molecular weight excluding hydrogens is 653 g/mol. The topological polar surface area (TPSA) is 8.81 Å². The van der Waals surface area contributed by atoms with E-state index in [0.29, 0.717) is 6.04 Å². The number of hydrogen-bond donors (Lipinski definition) is 0. The summed E-state index contributed by atoms with van der Waals surface area (Å²) in [6, 6.07) is 0.695. The predicted molar refractivity (Wildman–Crippen MR) is 244 cm³/mol. The molecule has 1 aromatic rings. The summed E-state index contributed by atoms with van der Waals surface area (Å²) in [6.45, 7) is 6.96. The molecule has 0 amide bonds. The van der Waals surface area contributed by atoms with Crippen molar-refractivity contribution < 1.29 is 4.57 Å². The molecule has 0 bridgehead atoms.